The number of likely N-dealkylation sites (tertiary alicyclic amines) is 1. The predicted molar refractivity (Wildman–Crippen MR) is 98.1 cm³/mol. The zero-order valence-corrected chi connectivity index (χ0v) is 14.9. The molecule has 24 heavy (non-hydrogen) atoms. The molecule has 0 radical (unpaired) electrons. The summed E-state index contributed by atoms with van der Waals surface area (Å²) in [4.78, 5) is 13.6. The molecule has 1 aromatic carbocycles. The average molecular weight is 333 g/mol. The number of hydrogen-bond acceptors (Lipinski definition) is 4. The first-order valence-corrected chi connectivity index (χ1v) is 9.06. The molecule has 1 amide bonds. The molecule has 0 bridgehead atoms. The van der Waals surface area contributed by atoms with Crippen molar-refractivity contribution in [2.24, 2.45) is 0 Å². The van der Waals surface area contributed by atoms with Gasteiger partial charge in [-0.3, -0.25) is 9.69 Å². The molecule has 0 spiro atoms. The lowest BCUT2D eigenvalue weighted by Gasteiger charge is -2.22. The maximum atomic E-state index is 11.1. The van der Waals surface area contributed by atoms with Gasteiger partial charge in [0.1, 0.15) is 0 Å². The van der Waals surface area contributed by atoms with Gasteiger partial charge >= 0.3 is 0 Å². The number of amides is 1. The number of anilines is 1. The Morgan fingerprint density at radius 3 is 3.00 bits per heavy atom. The summed E-state index contributed by atoms with van der Waals surface area (Å²) in [7, 11) is 0. The molecule has 134 valence electrons. The molecule has 1 saturated heterocycles. The Morgan fingerprint density at radius 2 is 2.25 bits per heavy atom. The number of nitrogens with one attached hydrogen (secondary N) is 2. The monoisotopic (exact) mass is 333 g/mol. The van der Waals surface area contributed by atoms with Crippen LogP contribution in [-0.2, 0) is 4.79 Å². The van der Waals surface area contributed by atoms with Crippen molar-refractivity contribution in [1.82, 2.24) is 10.2 Å². The van der Waals surface area contributed by atoms with E-state index in [4.69, 9.17) is 0 Å². The van der Waals surface area contributed by atoms with E-state index in [1.807, 2.05) is 18.2 Å². The summed E-state index contributed by atoms with van der Waals surface area (Å²) in [5.41, 5.74) is 2.03. The summed E-state index contributed by atoms with van der Waals surface area (Å²) >= 11 is 0. The minimum Gasteiger partial charge on any atom is -0.395 e. The topological polar surface area (TPSA) is 64.6 Å². The number of carbonyl (C=O) groups is 1. The maximum absolute atomic E-state index is 11.1. The van der Waals surface area contributed by atoms with Crippen molar-refractivity contribution >= 4 is 11.6 Å². The molecule has 1 fully saturated rings. The van der Waals surface area contributed by atoms with Gasteiger partial charge in [-0.2, -0.15) is 0 Å². The molecule has 2 rings (SSSR count). The minimum absolute atomic E-state index is 0.0455. The summed E-state index contributed by atoms with van der Waals surface area (Å²) in [5.74, 6) is -0.0455. The van der Waals surface area contributed by atoms with Crippen molar-refractivity contribution in [2.75, 3.05) is 31.6 Å². The lowest BCUT2D eigenvalue weighted by molar-refractivity contribution is -0.114. The zero-order chi connectivity index (χ0) is 17.4. The molecular formula is C19H31N3O2. The van der Waals surface area contributed by atoms with Gasteiger partial charge in [-0.25, -0.2) is 0 Å². The molecule has 0 aliphatic carbocycles. The van der Waals surface area contributed by atoms with Crippen LogP contribution < -0.4 is 10.6 Å². The number of hydrogen-bond donors (Lipinski definition) is 3. The molecule has 3 N–H and O–H groups in total. The maximum Gasteiger partial charge on any atom is 0.221 e. The van der Waals surface area contributed by atoms with Crippen LogP contribution in [0.1, 0.15) is 51.1 Å². The standard InChI is InChI=1S/C19H31N3O2/c1-15(17-7-5-8-18(13-17)21-16(2)24)20-10-3-4-11-22-12-6-9-19(22)14-23/h5,7-8,13,15,19-20,23H,3-4,6,9-12,14H2,1-2H3,(H,21,24). The fraction of sp³-hybridized carbons (Fsp3) is 0.632. The third kappa shape index (κ3) is 5.89. The first-order chi connectivity index (χ1) is 11.6. The summed E-state index contributed by atoms with van der Waals surface area (Å²) in [6.07, 6.45) is 4.63. The van der Waals surface area contributed by atoms with E-state index in [0.29, 0.717) is 12.6 Å². The second-order valence-corrected chi connectivity index (χ2v) is 6.70. The van der Waals surface area contributed by atoms with E-state index in [1.54, 1.807) is 0 Å². The molecule has 2 unspecified atom stereocenters. The second-order valence-electron chi connectivity index (χ2n) is 6.70. The number of nitrogens with zero attached hydrogens (tertiary/aromatic N) is 1. The van der Waals surface area contributed by atoms with Gasteiger partial charge in [0.2, 0.25) is 5.91 Å². The van der Waals surface area contributed by atoms with E-state index in [9.17, 15) is 9.90 Å². The lowest BCUT2D eigenvalue weighted by Crippen LogP contribution is -2.33. The molecule has 0 saturated carbocycles. The number of unbranched alkanes of at least 4 members (excludes halogenated alkanes) is 1. The van der Waals surface area contributed by atoms with Crippen LogP contribution in [0.4, 0.5) is 5.69 Å². The van der Waals surface area contributed by atoms with Gasteiger partial charge in [0.15, 0.2) is 0 Å². The molecule has 5 nitrogen and oxygen atoms in total. The van der Waals surface area contributed by atoms with E-state index in [2.05, 4.69) is 28.5 Å². The Hall–Kier alpha value is -1.43. The highest BCUT2D eigenvalue weighted by molar-refractivity contribution is 5.88. The Labute approximate surface area is 145 Å². The zero-order valence-electron chi connectivity index (χ0n) is 14.9. The van der Waals surface area contributed by atoms with Crippen LogP contribution in [0.2, 0.25) is 0 Å². The Morgan fingerprint density at radius 1 is 1.42 bits per heavy atom. The summed E-state index contributed by atoms with van der Waals surface area (Å²) < 4.78 is 0. The van der Waals surface area contributed by atoms with Crippen molar-refractivity contribution in [3.63, 3.8) is 0 Å². The van der Waals surface area contributed by atoms with Gasteiger partial charge in [0.05, 0.1) is 6.61 Å². The van der Waals surface area contributed by atoms with Gasteiger partial charge in [-0.05, 0) is 69.9 Å². The Bertz CT molecular complexity index is 521. The van der Waals surface area contributed by atoms with E-state index in [-0.39, 0.29) is 11.9 Å². The quantitative estimate of drug-likeness (QED) is 0.608. The largest absolute Gasteiger partial charge is 0.395 e. The van der Waals surface area contributed by atoms with Crippen LogP contribution in [-0.4, -0.2) is 48.2 Å². The van der Waals surface area contributed by atoms with E-state index in [1.165, 1.54) is 18.9 Å². The number of benzene rings is 1. The third-order valence-electron chi connectivity index (χ3n) is 4.74. The smallest absolute Gasteiger partial charge is 0.221 e. The van der Waals surface area contributed by atoms with Crippen LogP contribution in [0.25, 0.3) is 0 Å². The van der Waals surface area contributed by atoms with Crippen LogP contribution in [0.5, 0.6) is 0 Å². The molecule has 1 aliphatic rings. The highest BCUT2D eigenvalue weighted by Crippen LogP contribution is 2.18. The number of rotatable bonds is 9. The van der Waals surface area contributed by atoms with Gasteiger partial charge in [-0.15, -0.1) is 0 Å². The summed E-state index contributed by atoms with van der Waals surface area (Å²) in [6, 6.07) is 8.63. The van der Waals surface area contributed by atoms with Crippen molar-refractivity contribution in [3.05, 3.63) is 29.8 Å². The van der Waals surface area contributed by atoms with Crippen LogP contribution in [0, 0.1) is 0 Å². The summed E-state index contributed by atoms with van der Waals surface area (Å²) in [6.45, 7) is 7.15. The molecule has 2 atom stereocenters. The molecule has 1 heterocycles. The van der Waals surface area contributed by atoms with Crippen LogP contribution in [0.15, 0.2) is 24.3 Å². The Balaban J connectivity index is 1.67. The highest BCUT2D eigenvalue weighted by atomic mass is 16.3. The highest BCUT2D eigenvalue weighted by Gasteiger charge is 2.22. The molecule has 5 heteroatoms. The SMILES string of the molecule is CC(=O)Nc1cccc(C(C)NCCCCN2CCCC2CO)c1. The van der Waals surface area contributed by atoms with Gasteiger partial charge < -0.3 is 15.7 Å². The number of carbonyl (C=O) groups excluding carboxylic acids is 1. The van der Waals surface area contributed by atoms with E-state index >= 15 is 0 Å². The number of aliphatic hydroxyl groups is 1. The Kier molecular flexibility index (Phi) is 7.69. The van der Waals surface area contributed by atoms with Crippen LogP contribution >= 0.6 is 0 Å². The minimum atomic E-state index is -0.0455. The van der Waals surface area contributed by atoms with E-state index in [0.717, 1.165) is 44.6 Å². The summed E-state index contributed by atoms with van der Waals surface area (Å²) in [5, 5.41) is 15.7. The fourth-order valence-electron chi connectivity index (χ4n) is 3.36. The average Bonchev–Trinajstić information content (AvgIpc) is 3.01. The van der Waals surface area contributed by atoms with Crippen molar-refractivity contribution in [3.8, 4) is 0 Å². The molecular weight excluding hydrogens is 302 g/mol. The van der Waals surface area contributed by atoms with Gasteiger partial charge in [0.25, 0.3) is 0 Å². The molecule has 1 aliphatic heterocycles. The second kappa shape index (κ2) is 9.77. The first-order valence-electron chi connectivity index (χ1n) is 9.06. The van der Waals surface area contributed by atoms with Crippen molar-refractivity contribution in [2.45, 2.75) is 51.6 Å². The third-order valence-corrected chi connectivity index (χ3v) is 4.74. The normalized spacial score (nSPS) is 19.4. The lowest BCUT2D eigenvalue weighted by atomic mass is 10.1. The molecule has 0 aromatic heterocycles. The predicted octanol–water partition coefficient (Wildman–Crippen LogP) is 2.53. The van der Waals surface area contributed by atoms with Crippen molar-refractivity contribution < 1.29 is 9.90 Å². The molecule has 1 aromatic rings. The number of aliphatic hydroxyl groups excluding tert-OH is 1. The van der Waals surface area contributed by atoms with Gasteiger partial charge in [-0.1, -0.05) is 12.1 Å². The van der Waals surface area contributed by atoms with Crippen LogP contribution in [0.3, 0.4) is 0 Å². The van der Waals surface area contributed by atoms with E-state index < -0.39 is 0 Å². The fourth-order valence-corrected chi connectivity index (χ4v) is 3.36. The van der Waals surface area contributed by atoms with Crippen molar-refractivity contribution in [1.29, 1.82) is 0 Å². The van der Waals surface area contributed by atoms with Gasteiger partial charge in [0, 0.05) is 24.7 Å². The first kappa shape index (κ1) is 18.9.